The zero-order valence-corrected chi connectivity index (χ0v) is 9.73. The first-order valence-corrected chi connectivity index (χ1v) is 5.25. The predicted molar refractivity (Wildman–Crippen MR) is 63.4 cm³/mol. The van der Waals surface area contributed by atoms with E-state index in [-0.39, 0.29) is 0 Å². The van der Waals surface area contributed by atoms with E-state index in [1.165, 1.54) is 11.1 Å². The Morgan fingerprint density at radius 1 is 1.13 bits per heavy atom. The van der Waals surface area contributed by atoms with Crippen LogP contribution in [-0.2, 0) is 0 Å². The zero-order valence-electron chi connectivity index (χ0n) is 9.73. The first kappa shape index (κ1) is 11.6. The molecule has 1 rings (SSSR count). The summed E-state index contributed by atoms with van der Waals surface area (Å²) in [4.78, 5) is 2.87. The van der Waals surface area contributed by atoms with E-state index >= 15 is 0 Å². The highest BCUT2D eigenvalue weighted by Crippen LogP contribution is 2.34. The van der Waals surface area contributed by atoms with E-state index in [0.717, 1.165) is 5.69 Å². The molecule has 0 N–H and O–H groups in total. The summed E-state index contributed by atoms with van der Waals surface area (Å²) in [6.45, 7) is 8.55. The van der Waals surface area contributed by atoms with Crippen LogP contribution in [0.2, 0.25) is 0 Å². The summed E-state index contributed by atoms with van der Waals surface area (Å²) in [5, 5.41) is 3.75. The summed E-state index contributed by atoms with van der Waals surface area (Å²) in [6.07, 6.45) is 0. The number of benzene rings is 1. The van der Waals surface area contributed by atoms with Crippen molar-refractivity contribution in [1.82, 2.24) is 0 Å². The van der Waals surface area contributed by atoms with Crippen LogP contribution in [0.15, 0.2) is 23.3 Å². The summed E-state index contributed by atoms with van der Waals surface area (Å²) < 4.78 is 0. The lowest BCUT2D eigenvalue weighted by Crippen LogP contribution is -1.98. The Hall–Kier alpha value is -1.47. The van der Waals surface area contributed by atoms with Crippen LogP contribution < -0.4 is 0 Å². The standard InChI is InChI=1S/C12H17N3/c1-8(2)10-6-5-7-11(14-15-13)12(10)9(3)4/h5-9H,1-4H3. The van der Waals surface area contributed by atoms with E-state index in [1.54, 1.807) is 0 Å². The zero-order chi connectivity index (χ0) is 11.4. The van der Waals surface area contributed by atoms with Gasteiger partial charge >= 0.3 is 0 Å². The van der Waals surface area contributed by atoms with Gasteiger partial charge in [-0.25, -0.2) is 0 Å². The Morgan fingerprint density at radius 3 is 2.27 bits per heavy atom. The van der Waals surface area contributed by atoms with Crippen molar-refractivity contribution in [2.75, 3.05) is 0 Å². The third-order valence-electron chi connectivity index (χ3n) is 2.47. The minimum absolute atomic E-state index is 0.379. The summed E-state index contributed by atoms with van der Waals surface area (Å²) in [7, 11) is 0. The Balaban J connectivity index is 3.41. The third kappa shape index (κ3) is 2.51. The lowest BCUT2D eigenvalue weighted by atomic mass is 9.89. The lowest BCUT2D eigenvalue weighted by molar-refractivity contribution is 0.790. The molecule has 80 valence electrons. The molecule has 0 amide bonds. The molecule has 0 fully saturated rings. The van der Waals surface area contributed by atoms with Gasteiger partial charge in [0.05, 0.1) is 0 Å². The van der Waals surface area contributed by atoms with Crippen molar-refractivity contribution < 1.29 is 0 Å². The fourth-order valence-corrected chi connectivity index (χ4v) is 1.84. The first-order chi connectivity index (χ1) is 7.07. The summed E-state index contributed by atoms with van der Waals surface area (Å²) in [6, 6.07) is 5.93. The van der Waals surface area contributed by atoms with Crippen molar-refractivity contribution >= 4 is 5.69 Å². The van der Waals surface area contributed by atoms with E-state index in [0.29, 0.717) is 11.8 Å². The minimum Gasteiger partial charge on any atom is -0.0615 e. The SMILES string of the molecule is CC(C)c1cccc(N=[N+]=[N-])c1C(C)C. The van der Waals surface area contributed by atoms with Crippen molar-refractivity contribution in [3.8, 4) is 0 Å². The second kappa shape index (κ2) is 4.85. The van der Waals surface area contributed by atoms with Crippen LogP contribution in [0.1, 0.15) is 50.7 Å². The fourth-order valence-electron chi connectivity index (χ4n) is 1.84. The number of nitrogens with zero attached hydrogens (tertiary/aromatic N) is 3. The molecule has 0 saturated heterocycles. The molecule has 0 heterocycles. The van der Waals surface area contributed by atoms with E-state index in [2.05, 4.69) is 43.8 Å². The molecular weight excluding hydrogens is 186 g/mol. The Kier molecular flexibility index (Phi) is 3.75. The average molecular weight is 203 g/mol. The van der Waals surface area contributed by atoms with Crippen molar-refractivity contribution in [3.05, 3.63) is 39.8 Å². The quantitative estimate of drug-likeness (QED) is 0.382. The lowest BCUT2D eigenvalue weighted by Gasteiger charge is -2.17. The second-order valence-electron chi connectivity index (χ2n) is 4.28. The molecule has 0 bridgehead atoms. The van der Waals surface area contributed by atoms with Gasteiger partial charge in [0, 0.05) is 10.6 Å². The first-order valence-electron chi connectivity index (χ1n) is 5.25. The minimum atomic E-state index is 0.379. The maximum atomic E-state index is 8.51. The van der Waals surface area contributed by atoms with Gasteiger partial charge < -0.3 is 0 Å². The third-order valence-corrected chi connectivity index (χ3v) is 2.47. The van der Waals surface area contributed by atoms with E-state index < -0.39 is 0 Å². The van der Waals surface area contributed by atoms with Crippen LogP contribution in [0.5, 0.6) is 0 Å². The number of hydrogen-bond acceptors (Lipinski definition) is 1. The predicted octanol–water partition coefficient (Wildman–Crippen LogP) is 4.88. The molecule has 0 aromatic heterocycles. The molecule has 0 saturated carbocycles. The molecule has 3 nitrogen and oxygen atoms in total. The van der Waals surface area contributed by atoms with Crippen LogP contribution >= 0.6 is 0 Å². The maximum absolute atomic E-state index is 8.51. The van der Waals surface area contributed by atoms with Gasteiger partial charge in [-0.2, -0.15) is 0 Å². The second-order valence-corrected chi connectivity index (χ2v) is 4.28. The van der Waals surface area contributed by atoms with Crippen molar-refractivity contribution in [2.45, 2.75) is 39.5 Å². The van der Waals surface area contributed by atoms with Crippen LogP contribution in [0.4, 0.5) is 5.69 Å². The van der Waals surface area contributed by atoms with Crippen LogP contribution in [-0.4, -0.2) is 0 Å². The number of hydrogen-bond donors (Lipinski definition) is 0. The summed E-state index contributed by atoms with van der Waals surface area (Å²) >= 11 is 0. The molecule has 0 aliphatic carbocycles. The Morgan fingerprint density at radius 2 is 1.80 bits per heavy atom. The van der Waals surface area contributed by atoms with Gasteiger partial charge in [0.25, 0.3) is 0 Å². The summed E-state index contributed by atoms with van der Waals surface area (Å²) in [5.74, 6) is 0.834. The molecule has 3 heteroatoms. The molecule has 1 aromatic carbocycles. The number of rotatable bonds is 3. The molecular formula is C12H17N3. The van der Waals surface area contributed by atoms with Gasteiger partial charge in [-0.3, -0.25) is 0 Å². The van der Waals surface area contributed by atoms with Crippen molar-refractivity contribution in [2.24, 2.45) is 5.11 Å². The van der Waals surface area contributed by atoms with Crippen LogP contribution in [0.25, 0.3) is 10.4 Å². The smallest absolute Gasteiger partial charge is 0.0412 e. The maximum Gasteiger partial charge on any atom is 0.0412 e. The normalized spacial score (nSPS) is 10.5. The van der Waals surface area contributed by atoms with Gasteiger partial charge in [0.1, 0.15) is 0 Å². The average Bonchev–Trinajstić information content (AvgIpc) is 2.17. The highest BCUT2D eigenvalue weighted by atomic mass is 15.1. The van der Waals surface area contributed by atoms with Crippen LogP contribution in [0, 0.1) is 0 Å². The monoisotopic (exact) mass is 203 g/mol. The molecule has 0 unspecified atom stereocenters. The fraction of sp³-hybridized carbons (Fsp3) is 0.500. The molecule has 1 aromatic rings. The van der Waals surface area contributed by atoms with Crippen molar-refractivity contribution in [1.29, 1.82) is 0 Å². The largest absolute Gasteiger partial charge is 0.0615 e. The van der Waals surface area contributed by atoms with Crippen LogP contribution in [0.3, 0.4) is 0 Å². The van der Waals surface area contributed by atoms with Gasteiger partial charge in [-0.15, -0.1) is 0 Å². The van der Waals surface area contributed by atoms with Gasteiger partial charge in [-0.1, -0.05) is 51.0 Å². The van der Waals surface area contributed by atoms with Gasteiger partial charge in [-0.05, 0) is 28.5 Å². The van der Waals surface area contributed by atoms with Crippen molar-refractivity contribution in [3.63, 3.8) is 0 Å². The molecule has 0 spiro atoms. The van der Waals surface area contributed by atoms with Gasteiger partial charge in [0.15, 0.2) is 0 Å². The highest BCUT2D eigenvalue weighted by molar-refractivity contribution is 5.52. The topological polar surface area (TPSA) is 48.8 Å². The Labute approximate surface area is 90.8 Å². The van der Waals surface area contributed by atoms with Gasteiger partial charge in [0.2, 0.25) is 0 Å². The number of azide groups is 1. The molecule has 15 heavy (non-hydrogen) atoms. The molecule has 0 aliphatic rings. The molecule has 0 radical (unpaired) electrons. The van der Waals surface area contributed by atoms with E-state index in [1.807, 2.05) is 12.1 Å². The molecule has 0 atom stereocenters. The highest BCUT2D eigenvalue weighted by Gasteiger charge is 2.12. The molecule has 0 aliphatic heterocycles. The van der Waals surface area contributed by atoms with E-state index in [9.17, 15) is 0 Å². The summed E-state index contributed by atoms with van der Waals surface area (Å²) in [5.41, 5.74) is 11.7. The van der Waals surface area contributed by atoms with E-state index in [4.69, 9.17) is 5.53 Å². The Bertz CT molecular complexity index is 388.